The highest BCUT2D eigenvalue weighted by molar-refractivity contribution is 14.1. The van der Waals surface area contributed by atoms with E-state index >= 15 is 0 Å². The second kappa shape index (κ2) is 7.05. The van der Waals surface area contributed by atoms with Gasteiger partial charge in [-0.1, -0.05) is 51.2 Å². The Hall–Kier alpha value is -0.380. The minimum atomic E-state index is -0.168. The topological polar surface area (TPSA) is 58.2 Å². The van der Waals surface area contributed by atoms with Gasteiger partial charge in [0.15, 0.2) is 0 Å². The molecule has 0 aliphatic heterocycles. The first-order valence-corrected chi connectivity index (χ1v) is 7.52. The zero-order valence-electron chi connectivity index (χ0n) is 8.30. The summed E-state index contributed by atoms with van der Waals surface area (Å²) in [4.78, 5) is 23.1. The molecule has 16 heavy (non-hydrogen) atoms. The maximum absolute atomic E-state index is 11.5. The number of carbonyl (C=O) groups excluding carboxylic acids is 2. The van der Waals surface area contributed by atoms with Gasteiger partial charge in [-0.15, -0.1) is 0 Å². The lowest BCUT2D eigenvalue weighted by Gasteiger charge is -2.04. The van der Waals surface area contributed by atoms with Crippen LogP contribution in [-0.4, -0.2) is 20.9 Å². The highest BCUT2D eigenvalue weighted by atomic mass is 127. The average molecular weight is 444 g/mol. The molecule has 0 heterocycles. The van der Waals surface area contributed by atoms with Crippen molar-refractivity contribution in [2.45, 2.75) is 0 Å². The van der Waals surface area contributed by atoms with E-state index in [1.807, 2.05) is 0 Å². The van der Waals surface area contributed by atoms with Crippen molar-refractivity contribution in [3.05, 3.63) is 35.4 Å². The van der Waals surface area contributed by atoms with Gasteiger partial charge in [-0.2, -0.15) is 0 Å². The molecule has 1 aromatic rings. The molecule has 0 unspecified atom stereocenters. The first-order chi connectivity index (χ1) is 7.69. The highest BCUT2D eigenvalue weighted by Gasteiger charge is 2.08. The molecule has 86 valence electrons. The zero-order valence-corrected chi connectivity index (χ0v) is 12.6. The molecule has 0 saturated carbocycles. The number of benzene rings is 1. The molecule has 2 amide bonds. The van der Waals surface area contributed by atoms with Gasteiger partial charge < -0.3 is 10.6 Å². The third kappa shape index (κ3) is 3.89. The normalized spacial score (nSPS) is 9.62. The molecule has 0 atom stereocenters. The molecule has 4 nitrogen and oxygen atoms in total. The number of hydrogen-bond acceptors (Lipinski definition) is 2. The monoisotopic (exact) mass is 444 g/mol. The van der Waals surface area contributed by atoms with Crippen LogP contribution in [0.15, 0.2) is 24.3 Å². The highest BCUT2D eigenvalue weighted by Crippen LogP contribution is 2.05. The minimum absolute atomic E-state index is 0.168. The Kier molecular flexibility index (Phi) is 6.03. The Labute approximate surface area is 121 Å². The largest absolute Gasteiger partial charge is 0.343 e. The Morgan fingerprint density at radius 3 is 1.81 bits per heavy atom. The van der Waals surface area contributed by atoms with E-state index in [-0.39, 0.29) is 11.8 Å². The summed E-state index contributed by atoms with van der Waals surface area (Å²) in [5, 5.41) is 5.35. The van der Waals surface area contributed by atoms with E-state index in [2.05, 4.69) is 55.8 Å². The van der Waals surface area contributed by atoms with E-state index < -0.39 is 0 Å². The van der Waals surface area contributed by atoms with Crippen LogP contribution in [0.4, 0.5) is 0 Å². The molecule has 1 rings (SSSR count). The molecule has 0 radical (unpaired) electrons. The maximum Gasteiger partial charge on any atom is 0.251 e. The van der Waals surface area contributed by atoms with Gasteiger partial charge >= 0.3 is 0 Å². The molecule has 0 bridgehead atoms. The van der Waals surface area contributed by atoms with Crippen molar-refractivity contribution in [3.8, 4) is 0 Å². The van der Waals surface area contributed by atoms with Gasteiger partial charge in [-0.25, -0.2) is 0 Å². The summed E-state index contributed by atoms with van der Waals surface area (Å²) in [6.45, 7) is 0. The molecule has 0 saturated heterocycles. The van der Waals surface area contributed by atoms with Crippen molar-refractivity contribution >= 4 is 57.0 Å². The van der Waals surface area contributed by atoms with E-state index in [4.69, 9.17) is 0 Å². The van der Waals surface area contributed by atoms with Gasteiger partial charge in [0, 0.05) is 11.1 Å². The molecular formula is C10H10I2N2O2. The van der Waals surface area contributed by atoms with Crippen LogP contribution >= 0.6 is 45.2 Å². The third-order valence-electron chi connectivity index (χ3n) is 1.84. The third-order valence-corrected chi connectivity index (χ3v) is 2.60. The number of alkyl halides is 2. The van der Waals surface area contributed by atoms with Gasteiger partial charge in [0.25, 0.3) is 11.8 Å². The Bertz CT molecular complexity index is 363. The molecule has 0 aliphatic rings. The number of nitrogens with one attached hydrogen (secondary N) is 2. The second-order valence-electron chi connectivity index (χ2n) is 2.86. The SMILES string of the molecule is O=C(NCI)c1cccc(C(=O)NCI)c1. The first-order valence-electron chi connectivity index (χ1n) is 4.47. The van der Waals surface area contributed by atoms with Crippen molar-refractivity contribution in [1.82, 2.24) is 10.6 Å². The summed E-state index contributed by atoms with van der Waals surface area (Å²) in [6.07, 6.45) is 0. The Morgan fingerprint density at radius 1 is 1.00 bits per heavy atom. The standard InChI is InChI=1S/C10H10I2N2O2/c11-5-13-9(15)7-2-1-3-8(4-7)10(16)14-6-12/h1-4H,5-6H2,(H,13,15)(H,14,16). The summed E-state index contributed by atoms with van der Waals surface area (Å²) >= 11 is 4.11. The average Bonchev–Trinajstić information content (AvgIpc) is 2.30. The van der Waals surface area contributed by atoms with E-state index in [9.17, 15) is 9.59 Å². The smallest absolute Gasteiger partial charge is 0.251 e. The number of amides is 2. The fraction of sp³-hybridized carbons (Fsp3) is 0.200. The van der Waals surface area contributed by atoms with E-state index in [0.717, 1.165) is 0 Å². The van der Waals surface area contributed by atoms with E-state index in [0.29, 0.717) is 20.2 Å². The van der Waals surface area contributed by atoms with Crippen molar-refractivity contribution in [2.24, 2.45) is 0 Å². The summed E-state index contributed by atoms with van der Waals surface area (Å²) in [5.41, 5.74) is 0.996. The van der Waals surface area contributed by atoms with Gasteiger partial charge in [0.05, 0.1) is 9.10 Å². The molecule has 0 aliphatic carbocycles. The van der Waals surface area contributed by atoms with E-state index in [1.165, 1.54) is 0 Å². The fourth-order valence-electron chi connectivity index (χ4n) is 1.13. The van der Waals surface area contributed by atoms with Gasteiger partial charge in [0.1, 0.15) is 0 Å². The second-order valence-corrected chi connectivity index (χ2v) is 4.39. The summed E-state index contributed by atoms with van der Waals surface area (Å²) in [6, 6.07) is 6.65. The lowest BCUT2D eigenvalue weighted by atomic mass is 10.1. The molecule has 0 spiro atoms. The molecule has 1 aromatic carbocycles. The Morgan fingerprint density at radius 2 is 1.44 bits per heavy atom. The minimum Gasteiger partial charge on any atom is -0.343 e. The van der Waals surface area contributed by atoms with Crippen LogP contribution in [0.3, 0.4) is 0 Å². The number of hydrogen-bond donors (Lipinski definition) is 2. The van der Waals surface area contributed by atoms with Crippen LogP contribution in [0.2, 0.25) is 0 Å². The van der Waals surface area contributed by atoms with Gasteiger partial charge in [-0.3, -0.25) is 9.59 Å². The van der Waals surface area contributed by atoms with E-state index in [1.54, 1.807) is 24.3 Å². The van der Waals surface area contributed by atoms with Crippen molar-refractivity contribution in [2.75, 3.05) is 9.10 Å². The van der Waals surface area contributed by atoms with Crippen molar-refractivity contribution < 1.29 is 9.59 Å². The van der Waals surface area contributed by atoms with Crippen LogP contribution in [-0.2, 0) is 0 Å². The lowest BCUT2D eigenvalue weighted by molar-refractivity contribution is 0.0961. The number of rotatable bonds is 4. The zero-order chi connectivity index (χ0) is 12.0. The quantitative estimate of drug-likeness (QED) is 0.424. The molecule has 0 aromatic heterocycles. The van der Waals surface area contributed by atoms with Gasteiger partial charge in [0.2, 0.25) is 0 Å². The van der Waals surface area contributed by atoms with Crippen LogP contribution in [0.5, 0.6) is 0 Å². The fourth-order valence-corrected chi connectivity index (χ4v) is 1.82. The Balaban J connectivity index is 2.86. The van der Waals surface area contributed by atoms with Crippen LogP contribution in [0.25, 0.3) is 0 Å². The van der Waals surface area contributed by atoms with Crippen LogP contribution in [0.1, 0.15) is 20.7 Å². The molecule has 0 fully saturated rings. The summed E-state index contributed by atoms with van der Waals surface area (Å²) < 4.78 is 1.08. The summed E-state index contributed by atoms with van der Waals surface area (Å²) in [7, 11) is 0. The van der Waals surface area contributed by atoms with Gasteiger partial charge in [-0.05, 0) is 18.2 Å². The maximum atomic E-state index is 11.5. The molecular weight excluding hydrogens is 434 g/mol. The summed E-state index contributed by atoms with van der Waals surface area (Å²) in [5.74, 6) is -0.336. The van der Waals surface area contributed by atoms with Crippen LogP contribution < -0.4 is 10.6 Å². The molecule has 2 N–H and O–H groups in total. The van der Waals surface area contributed by atoms with Crippen LogP contribution in [0, 0.1) is 0 Å². The molecule has 6 heteroatoms. The predicted octanol–water partition coefficient (Wildman–Crippen LogP) is 1.93. The number of halogens is 2. The predicted molar refractivity (Wildman–Crippen MR) is 79.1 cm³/mol. The number of carbonyl (C=O) groups is 2. The first kappa shape index (κ1) is 13.7. The van der Waals surface area contributed by atoms with Crippen molar-refractivity contribution in [1.29, 1.82) is 0 Å². The lowest BCUT2D eigenvalue weighted by Crippen LogP contribution is -2.24. The van der Waals surface area contributed by atoms with Crippen molar-refractivity contribution in [3.63, 3.8) is 0 Å².